The van der Waals surface area contributed by atoms with Gasteiger partial charge in [0, 0.05) is 17.8 Å². The van der Waals surface area contributed by atoms with Gasteiger partial charge in [-0.05, 0) is 75.4 Å². The molecular weight excluding hydrogens is 332 g/mol. The van der Waals surface area contributed by atoms with Crippen LogP contribution in [0.2, 0.25) is 0 Å². The summed E-state index contributed by atoms with van der Waals surface area (Å²) < 4.78 is 28.7. The Bertz CT molecular complexity index is 786. The molecule has 0 fully saturated rings. The third-order valence-electron chi connectivity index (χ3n) is 4.16. The number of unbranched alkanes of at least 4 members (excludes halogenated alkanes) is 1. The number of rotatable bonds is 7. The van der Waals surface area contributed by atoms with Gasteiger partial charge in [-0.25, -0.2) is 18.8 Å². The van der Waals surface area contributed by atoms with E-state index in [9.17, 15) is 8.78 Å². The number of halogens is 2. The molecule has 0 unspecified atom stereocenters. The second-order valence-corrected chi connectivity index (χ2v) is 6.85. The summed E-state index contributed by atoms with van der Waals surface area (Å²) in [5.41, 5.74) is 3.51. The number of hydrogen-bond acceptors (Lipinski definition) is 3. The number of hydrogen-bond donors (Lipinski definition) is 1. The fraction of sp³-hybridized carbons (Fsp3) is 0.429. The van der Waals surface area contributed by atoms with E-state index < -0.39 is 11.6 Å². The second kappa shape index (κ2) is 8.88. The van der Waals surface area contributed by atoms with Crippen LogP contribution in [0.5, 0.6) is 0 Å². The highest BCUT2D eigenvalue weighted by atomic mass is 19.1. The molecular formula is C21H27F2N3. The second-order valence-electron chi connectivity index (χ2n) is 6.85. The summed E-state index contributed by atoms with van der Waals surface area (Å²) in [4.78, 5) is 8.91. The average molecular weight is 359 g/mol. The number of nitrogens with zero attached hydrogens (tertiary/aromatic N) is 2. The average Bonchev–Trinajstić information content (AvgIpc) is 2.55. The molecule has 1 heterocycles. The number of aryl methyl sites for hydroxylation is 3. The minimum absolute atomic E-state index is 0.0312. The highest BCUT2D eigenvalue weighted by molar-refractivity contribution is 5.82. The monoisotopic (exact) mass is 359 g/mol. The van der Waals surface area contributed by atoms with Crippen LogP contribution in [-0.2, 0) is 13.0 Å². The number of pyridine rings is 1. The molecule has 0 radical (unpaired) electrons. The van der Waals surface area contributed by atoms with Crippen LogP contribution in [0.3, 0.4) is 0 Å². The number of aliphatic imine (C=N–C) groups is 1. The Balaban J connectivity index is 2.22. The van der Waals surface area contributed by atoms with Gasteiger partial charge in [-0.2, -0.15) is 0 Å². The first-order valence-electron chi connectivity index (χ1n) is 9.02. The lowest BCUT2D eigenvalue weighted by molar-refractivity contribution is 0.555. The van der Waals surface area contributed by atoms with Gasteiger partial charge in [0.2, 0.25) is 0 Å². The standard InChI is InChI=1S/C21H27F2N3/c1-6-7-8-16-10-18(22)17(19(23)11-16)12-24-20-14(4)9-15(5)21(26-20)25-13(2)3/h9-11H,6-8,12H2,1-5H3,(H,24,26). The van der Waals surface area contributed by atoms with Gasteiger partial charge in [0.25, 0.3) is 0 Å². The molecule has 2 rings (SSSR count). The molecule has 0 bridgehead atoms. The molecule has 0 aliphatic heterocycles. The number of nitrogens with one attached hydrogen (secondary N) is 1. The van der Waals surface area contributed by atoms with E-state index >= 15 is 0 Å². The summed E-state index contributed by atoms with van der Waals surface area (Å²) in [6.07, 6.45) is 2.60. The van der Waals surface area contributed by atoms with Crippen molar-refractivity contribution in [2.75, 3.05) is 5.32 Å². The maximum Gasteiger partial charge on any atom is 0.157 e. The summed E-state index contributed by atoms with van der Waals surface area (Å²) in [6, 6.07) is 4.83. The predicted octanol–water partition coefficient (Wildman–Crippen LogP) is 6.04. The third kappa shape index (κ3) is 5.10. The fourth-order valence-corrected chi connectivity index (χ4v) is 2.77. The first-order chi connectivity index (χ1) is 12.3. The minimum Gasteiger partial charge on any atom is -0.365 e. The van der Waals surface area contributed by atoms with Crippen molar-refractivity contribution in [1.29, 1.82) is 0 Å². The van der Waals surface area contributed by atoms with E-state index in [0.29, 0.717) is 23.6 Å². The quantitative estimate of drug-likeness (QED) is 0.612. The van der Waals surface area contributed by atoms with Gasteiger partial charge in [-0.15, -0.1) is 0 Å². The SMILES string of the molecule is CCCCc1cc(F)c(CNc2nc(N=C(C)C)c(C)cc2C)c(F)c1. The molecule has 0 spiro atoms. The Hall–Kier alpha value is -2.30. The van der Waals surface area contributed by atoms with Crippen LogP contribution in [0.15, 0.2) is 23.2 Å². The van der Waals surface area contributed by atoms with Crippen LogP contribution >= 0.6 is 0 Å². The van der Waals surface area contributed by atoms with Gasteiger partial charge in [-0.3, -0.25) is 0 Å². The first-order valence-corrected chi connectivity index (χ1v) is 9.02. The molecule has 1 aromatic heterocycles. The highest BCUT2D eigenvalue weighted by Crippen LogP contribution is 2.24. The van der Waals surface area contributed by atoms with E-state index in [4.69, 9.17) is 0 Å². The van der Waals surface area contributed by atoms with Gasteiger partial charge in [0.15, 0.2) is 5.82 Å². The van der Waals surface area contributed by atoms with E-state index in [1.807, 2.05) is 33.8 Å². The van der Waals surface area contributed by atoms with Crippen molar-refractivity contribution in [3.63, 3.8) is 0 Å². The van der Waals surface area contributed by atoms with Crippen molar-refractivity contribution in [3.05, 3.63) is 52.1 Å². The highest BCUT2D eigenvalue weighted by Gasteiger charge is 2.13. The van der Waals surface area contributed by atoms with E-state index in [1.165, 1.54) is 12.1 Å². The zero-order chi connectivity index (χ0) is 19.3. The van der Waals surface area contributed by atoms with Crippen LogP contribution in [0.4, 0.5) is 20.4 Å². The van der Waals surface area contributed by atoms with Crippen LogP contribution in [0, 0.1) is 25.5 Å². The molecule has 0 amide bonds. The summed E-state index contributed by atoms with van der Waals surface area (Å²) in [7, 11) is 0. The minimum atomic E-state index is -0.518. The van der Waals surface area contributed by atoms with Crippen LogP contribution in [0.1, 0.15) is 55.9 Å². The molecule has 0 saturated carbocycles. The van der Waals surface area contributed by atoms with Crippen molar-refractivity contribution in [1.82, 2.24) is 4.98 Å². The first kappa shape index (κ1) is 20.0. The molecule has 0 atom stereocenters. The molecule has 0 saturated heterocycles. The molecule has 2 aromatic rings. The van der Waals surface area contributed by atoms with E-state index in [0.717, 1.165) is 29.7 Å². The van der Waals surface area contributed by atoms with Crippen LogP contribution < -0.4 is 5.32 Å². The largest absolute Gasteiger partial charge is 0.365 e. The molecule has 5 heteroatoms. The van der Waals surface area contributed by atoms with Gasteiger partial charge < -0.3 is 5.32 Å². The van der Waals surface area contributed by atoms with E-state index in [-0.39, 0.29) is 12.1 Å². The fourth-order valence-electron chi connectivity index (χ4n) is 2.77. The van der Waals surface area contributed by atoms with Crippen LogP contribution in [-0.4, -0.2) is 10.7 Å². The molecule has 140 valence electrons. The van der Waals surface area contributed by atoms with Gasteiger partial charge in [0.05, 0.1) is 0 Å². The summed E-state index contributed by atoms with van der Waals surface area (Å²) in [6.45, 7) is 9.75. The van der Waals surface area contributed by atoms with Crippen molar-refractivity contribution in [3.8, 4) is 0 Å². The van der Waals surface area contributed by atoms with Gasteiger partial charge in [0.1, 0.15) is 17.5 Å². The summed E-state index contributed by atoms with van der Waals surface area (Å²) in [5.74, 6) is 0.172. The molecule has 0 aliphatic rings. The number of benzene rings is 1. The molecule has 1 N–H and O–H groups in total. The van der Waals surface area contributed by atoms with E-state index in [2.05, 4.69) is 22.2 Å². The van der Waals surface area contributed by atoms with Gasteiger partial charge >= 0.3 is 0 Å². The zero-order valence-electron chi connectivity index (χ0n) is 16.2. The Morgan fingerprint density at radius 2 is 1.73 bits per heavy atom. The molecule has 3 nitrogen and oxygen atoms in total. The Morgan fingerprint density at radius 1 is 1.08 bits per heavy atom. The van der Waals surface area contributed by atoms with Crippen molar-refractivity contribution in [2.45, 2.75) is 60.4 Å². The molecule has 26 heavy (non-hydrogen) atoms. The third-order valence-corrected chi connectivity index (χ3v) is 4.16. The maximum absolute atomic E-state index is 14.3. The van der Waals surface area contributed by atoms with Crippen molar-refractivity contribution < 1.29 is 8.78 Å². The van der Waals surface area contributed by atoms with Crippen molar-refractivity contribution >= 4 is 17.3 Å². The summed E-state index contributed by atoms with van der Waals surface area (Å²) in [5, 5.41) is 3.05. The maximum atomic E-state index is 14.3. The van der Waals surface area contributed by atoms with E-state index in [1.54, 1.807) is 0 Å². The van der Waals surface area contributed by atoms with Crippen molar-refractivity contribution in [2.24, 2.45) is 4.99 Å². The molecule has 1 aromatic carbocycles. The molecule has 0 aliphatic carbocycles. The Morgan fingerprint density at radius 3 is 2.31 bits per heavy atom. The normalized spacial score (nSPS) is 10.7. The smallest absolute Gasteiger partial charge is 0.157 e. The summed E-state index contributed by atoms with van der Waals surface area (Å²) >= 11 is 0. The number of anilines is 1. The topological polar surface area (TPSA) is 37.3 Å². The predicted molar refractivity (Wildman–Crippen MR) is 104 cm³/mol. The lowest BCUT2D eigenvalue weighted by atomic mass is 10.0. The lowest BCUT2D eigenvalue weighted by Gasteiger charge is -2.13. The van der Waals surface area contributed by atoms with Crippen LogP contribution in [0.25, 0.3) is 0 Å². The lowest BCUT2D eigenvalue weighted by Crippen LogP contribution is -2.08. The number of aromatic nitrogens is 1. The Labute approximate surface area is 154 Å². The zero-order valence-corrected chi connectivity index (χ0v) is 16.2. The van der Waals surface area contributed by atoms with Gasteiger partial charge in [-0.1, -0.05) is 13.3 Å². The Kier molecular flexibility index (Phi) is 6.83.